The Labute approximate surface area is 167 Å². The van der Waals surface area contributed by atoms with Crippen LogP contribution >= 0.6 is 0 Å². The second-order valence-corrected chi connectivity index (χ2v) is 7.71. The van der Waals surface area contributed by atoms with Gasteiger partial charge in [0.15, 0.2) is 0 Å². The summed E-state index contributed by atoms with van der Waals surface area (Å²) >= 11 is 0. The molecule has 0 N–H and O–H groups in total. The van der Waals surface area contributed by atoms with E-state index in [4.69, 9.17) is 4.98 Å². The minimum absolute atomic E-state index is 0.130. The van der Waals surface area contributed by atoms with Crippen LogP contribution in [0.25, 0.3) is 17.1 Å². The fourth-order valence-electron chi connectivity index (χ4n) is 3.39. The molecule has 28 heavy (non-hydrogen) atoms. The van der Waals surface area contributed by atoms with E-state index >= 15 is 0 Å². The summed E-state index contributed by atoms with van der Waals surface area (Å²) in [5, 5.41) is 0. The van der Waals surface area contributed by atoms with Gasteiger partial charge in [-0.1, -0.05) is 62.4 Å². The molecule has 0 atom stereocenters. The van der Waals surface area contributed by atoms with Crippen molar-refractivity contribution < 1.29 is 4.79 Å². The van der Waals surface area contributed by atoms with E-state index in [9.17, 15) is 4.79 Å². The van der Waals surface area contributed by atoms with Crippen molar-refractivity contribution in [3.05, 3.63) is 71.6 Å². The zero-order valence-corrected chi connectivity index (χ0v) is 17.2. The average molecular weight is 376 g/mol. The van der Waals surface area contributed by atoms with Gasteiger partial charge in [0.05, 0.1) is 17.6 Å². The maximum Gasteiger partial charge on any atom is 0.226 e. The van der Waals surface area contributed by atoms with Crippen LogP contribution < -0.4 is 0 Å². The first-order chi connectivity index (χ1) is 13.5. The molecule has 146 valence electrons. The van der Waals surface area contributed by atoms with Crippen LogP contribution in [-0.4, -0.2) is 26.9 Å². The Morgan fingerprint density at radius 2 is 1.86 bits per heavy atom. The lowest BCUT2D eigenvalue weighted by atomic mass is 10.1. The number of aryl methyl sites for hydroxylation is 2. The number of hydrogen-bond acceptors (Lipinski definition) is 2. The summed E-state index contributed by atoms with van der Waals surface area (Å²) in [6.45, 7) is 7.61. The summed E-state index contributed by atoms with van der Waals surface area (Å²) in [7, 11) is 2.01. The molecule has 0 bridgehead atoms. The second kappa shape index (κ2) is 8.87. The number of para-hydroxylation sites is 2. The van der Waals surface area contributed by atoms with Gasteiger partial charge in [-0.2, -0.15) is 0 Å². The molecule has 3 rings (SSSR count). The molecule has 1 amide bonds. The van der Waals surface area contributed by atoms with Crippen molar-refractivity contribution in [2.45, 2.75) is 33.7 Å². The number of aromatic nitrogens is 2. The standard InChI is InChI=1S/C24H29N3O/c1-18(2)16-27(17-23-25-21-13-7-8-14-22(21)26(23)4)24(28)15-9-12-20-11-6-5-10-19(20)3/h5-14,18H,15-17H2,1-4H3. The van der Waals surface area contributed by atoms with Gasteiger partial charge in [0.25, 0.3) is 0 Å². The molecule has 0 saturated carbocycles. The van der Waals surface area contributed by atoms with Crippen LogP contribution in [0.1, 0.15) is 37.2 Å². The van der Waals surface area contributed by atoms with Crippen LogP contribution in [0.15, 0.2) is 54.6 Å². The van der Waals surface area contributed by atoms with Crippen LogP contribution in [0.2, 0.25) is 0 Å². The topological polar surface area (TPSA) is 38.1 Å². The van der Waals surface area contributed by atoms with E-state index in [0.717, 1.165) is 29.0 Å². The predicted octanol–water partition coefficient (Wildman–Crippen LogP) is 4.97. The summed E-state index contributed by atoms with van der Waals surface area (Å²) in [5.74, 6) is 1.45. The molecule has 0 aliphatic rings. The molecule has 0 fully saturated rings. The number of fused-ring (bicyclic) bond motifs is 1. The van der Waals surface area contributed by atoms with Gasteiger partial charge < -0.3 is 9.47 Å². The van der Waals surface area contributed by atoms with E-state index in [1.165, 1.54) is 5.56 Å². The first kappa shape index (κ1) is 19.9. The molecule has 0 aliphatic heterocycles. The number of nitrogens with zero attached hydrogens (tertiary/aromatic N) is 3. The number of imidazole rings is 1. The number of rotatable bonds is 7. The molecular weight excluding hydrogens is 346 g/mol. The monoisotopic (exact) mass is 375 g/mol. The van der Waals surface area contributed by atoms with Gasteiger partial charge in [0, 0.05) is 20.0 Å². The van der Waals surface area contributed by atoms with Crippen molar-refractivity contribution >= 4 is 23.0 Å². The Hall–Kier alpha value is -2.88. The molecule has 0 aliphatic carbocycles. The Morgan fingerprint density at radius 1 is 1.14 bits per heavy atom. The summed E-state index contributed by atoms with van der Waals surface area (Å²) in [6, 6.07) is 16.3. The normalized spacial score (nSPS) is 11.6. The number of carbonyl (C=O) groups excluding carboxylic acids is 1. The molecule has 0 spiro atoms. The molecule has 4 heteroatoms. The highest BCUT2D eigenvalue weighted by molar-refractivity contribution is 5.79. The molecule has 3 aromatic rings. The first-order valence-electron chi connectivity index (χ1n) is 9.86. The molecule has 1 heterocycles. The Kier molecular flexibility index (Phi) is 6.30. The predicted molar refractivity (Wildman–Crippen MR) is 116 cm³/mol. The zero-order chi connectivity index (χ0) is 20.1. The van der Waals surface area contributed by atoms with Gasteiger partial charge in [-0.05, 0) is 36.1 Å². The Morgan fingerprint density at radius 3 is 2.57 bits per heavy atom. The van der Waals surface area contributed by atoms with Crippen molar-refractivity contribution in [1.29, 1.82) is 0 Å². The third-order valence-corrected chi connectivity index (χ3v) is 4.93. The summed E-state index contributed by atoms with van der Waals surface area (Å²) < 4.78 is 2.08. The van der Waals surface area contributed by atoms with E-state index in [1.54, 1.807) is 0 Å². The van der Waals surface area contributed by atoms with E-state index in [2.05, 4.69) is 43.5 Å². The SMILES string of the molecule is Cc1ccccc1C=CCC(=O)N(Cc1nc2ccccc2n1C)CC(C)C. The van der Waals surface area contributed by atoms with Gasteiger partial charge in [-0.25, -0.2) is 4.98 Å². The summed E-state index contributed by atoms with van der Waals surface area (Å²) in [4.78, 5) is 19.6. The summed E-state index contributed by atoms with van der Waals surface area (Å²) in [5.41, 5.74) is 4.43. The van der Waals surface area contributed by atoms with Gasteiger partial charge in [0.1, 0.15) is 5.82 Å². The van der Waals surface area contributed by atoms with Gasteiger partial charge in [-0.15, -0.1) is 0 Å². The Balaban J connectivity index is 1.74. The van der Waals surface area contributed by atoms with Crippen LogP contribution in [0.3, 0.4) is 0 Å². The highest BCUT2D eigenvalue weighted by Gasteiger charge is 2.17. The number of benzene rings is 2. The maximum atomic E-state index is 12.9. The van der Waals surface area contributed by atoms with E-state index in [-0.39, 0.29) is 5.91 Å². The van der Waals surface area contributed by atoms with Gasteiger partial charge >= 0.3 is 0 Å². The second-order valence-electron chi connectivity index (χ2n) is 7.71. The molecule has 2 aromatic carbocycles. The Bertz CT molecular complexity index is 984. The third kappa shape index (κ3) is 4.69. The third-order valence-electron chi connectivity index (χ3n) is 4.93. The van der Waals surface area contributed by atoms with Crippen molar-refractivity contribution in [2.75, 3.05) is 6.54 Å². The number of hydrogen-bond donors (Lipinski definition) is 0. The number of carbonyl (C=O) groups is 1. The zero-order valence-electron chi connectivity index (χ0n) is 17.2. The first-order valence-corrected chi connectivity index (χ1v) is 9.86. The largest absolute Gasteiger partial charge is 0.335 e. The minimum Gasteiger partial charge on any atom is -0.335 e. The van der Waals surface area contributed by atoms with Crippen LogP contribution in [-0.2, 0) is 18.4 Å². The lowest BCUT2D eigenvalue weighted by Crippen LogP contribution is -2.34. The maximum absolute atomic E-state index is 12.9. The van der Waals surface area contributed by atoms with Crippen molar-refractivity contribution in [3.8, 4) is 0 Å². The van der Waals surface area contributed by atoms with Crippen LogP contribution in [0.5, 0.6) is 0 Å². The fourth-order valence-corrected chi connectivity index (χ4v) is 3.39. The van der Waals surface area contributed by atoms with Crippen molar-refractivity contribution in [3.63, 3.8) is 0 Å². The quantitative estimate of drug-likeness (QED) is 0.585. The fraction of sp³-hybridized carbons (Fsp3) is 0.333. The lowest BCUT2D eigenvalue weighted by molar-refractivity contribution is -0.131. The smallest absolute Gasteiger partial charge is 0.226 e. The van der Waals surface area contributed by atoms with Crippen LogP contribution in [0, 0.1) is 12.8 Å². The lowest BCUT2D eigenvalue weighted by Gasteiger charge is -2.24. The highest BCUT2D eigenvalue weighted by Crippen LogP contribution is 2.17. The van der Waals surface area contributed by atoms with E-state index in [0.29, 0.717) is 18.9 Å². The van der Waals surface area contributed by atoms with Gasteiger partial charge in [0.2, 0.25) is 5.91 Å². The molecule has 0 unspecified atom stereocenters. The van der Waals surface area contributed by atoms with Crippen LogP contribution in [0.4, 0.5) is 0 Å². The molecule has 1 aromatic heterocycles. The minimum atomic E-state index is 0.130. The molecule has 4 nitrogen and oxygen atoms in total. The van der Waals surface area contributed by atoms with Crippen molar-refractivity contribution in [2.24, 2.45) is 13.0 Å². The highest BCUT2D eigenvalue weighted by atomic mass is 16.2. The molecule has 0 saturated heterocycles. The van der Waals surface area contributed by atoms with E-state index < -0.39 is 0 Å². The number of amides is 1. The van der Waals surface area contributed by atoms with E-state index in [1.807, 2.05) is 54.4 Å². The van der Waals surface area contributed by atoms with Gasteiger partial charge in [-0.3, -0.25) is 4.79 Å². The molecular formula is C24H29N3O. The average Bonchev–Trinajstić information content (AvgIpc) is 2.98. The summed E-state index contributed by atoms with van der Waals surface area (Å²) in [6.07, 6.45) is 4.40. The molecule has 0 radical (unpaired) electrons. The van der Waals surface area contributed by atoms with Crippen molar-refractivity contribution in [1.82, 2.24) is 14.5 Å².